The molecule has 2 aromatic heterocycles. The third kappa shape index (κ3) is 4.48. The number of carbonyl (C=O) groups excluding carboxylic acids is 1. The Labute approximate surface area is 189 Å². The van der Waals surface area contributed by atoms with Crippen molar-refractivity contribution in [3.8, 4) is 0 Å². The van der Waals surface area contributed by atoms with Gasteiger partial charge >= 0.3 is 0 Å². The van der Waals surface area contributed by atoms with E-state index in [4.69, 9.17) is 27.6 Å². The zero-order valence-electron chi connectivity index (χ0n) is 17.3. The molecule has 0 spiro atoms. The highest BCUT2D eigenvalue weighted by atomic mass is 35.5. The van der Waals surface area contributed by atoms with Gasteiger partial charge in [0.25, 0.3) is 5.91 Å². The van der Waals surface area contributed by atoms with Crippen LogP contribution in [0.25, 0.3) is 22.1 Å². The van der Waals surface area contributed by atoms with Crippen LogP contribution in [0.3, 0.4) is 0 Å². The van der Waals surface area contributed by atoms with E-state index in [0.29, 0.717) is 61.8 Å². The van der Waals surface area contributed by atoms with Crippen LogP contribution >= 0.6 is 23.2 Å². The minimum atomic E-state index is -0.203. The van der Waals surface area contributed by atoms with Gasteiger partial charge < -0.3 is 20.0 Å². The summed E-state index contributed by atoms with van der Waals surface area (Å²) in [5, 5.41) is 7.03. The first-order chi connectivity index (χ1) is 15.0. The number of halogens is 2. The molecule has 31 heavy (non-hydrogen) atoms. The summed E-state index contributed by atoms with van der Waals surface area (Å²) >= 11 is 12.5. The number of nitrogens with one attached hydrogen (secondary N) is 3. The van der Waals surface area contributed by atoms with Crippen LogP contribution in [0.15, 0.2) is 28.7 Å². The number of aryl methyl sites for hydroxylation is 1. The van der Waals surface area contributed by atoms with Gasteiger partial charge in [-0.25, -0.2) is 9.97 Å². The number of fused-ring (bicyclic) bond motifs is 3. The number of H-pyrrole nitrogens is 1. The van der Waals surface area contributed by atoms with E-state index < -0.39 is 0 Å². The van der Waals surface area contributed by atoms with E-state index in [-0.39, 0.29) is 5.91 Å². The summed E-state index contributed by atoms with van der Waals surface area (Å²) in [5.74, 6) is 0.702. The molecule has 7 nitrogen and oxygen atoms in total. The highest BCUT2D eigenvalue weighted by Crippen LogP contribution is 2.34. The predicted octanol–water partition coefficient (Wildman–Crippen LogP) is 6.37. The molecule has 0 unspecified atom stereocenters. The number of hydrogen-bond donors (Lipinski definition) is 3. The number of imidazole rings is 1. The van der Waals surface area contributed by atoms with Crippen molar-refractivity contribution < 1.29 is 9.21 Å². The largest absolute Gasteiger partial charge is 0.440 e. The maximum Gasteiger partial charge on any atom is 0.255 e. The average Bonchev–Trinajstić information content (AvgIpc) is 3.32. The maximum atomic E-state index is 12.8. The molecule has 0 aliphatic carbocycles. The summed E-state index contributed by atoms with van der Waals surface area (Å²) in [7, 11) is 0. The number of anilines is 2. The Kier molecular flexibility index (Phi) is 6.34. The molecule has 0 aliphatic heterocycles. The molecule has 0 bridgehead atoms. The lowest BCUT2D eigenvalue weighted by atomic mass is 10.1. The van der Waals surface area contributed by atoms with Crippen LogP contribution in [-0.4, -0.2) is 27.4 Å². The number of hydrogen-bond acceptors (Lipinski definition) is 5. The average molecular weight is 460 g/mol. The molecule has 1 amide bonds. The molecule has 2 aromatic carbocycles. The van der Waals surface area contributed by atoms with Gasteiger partial charge in [0.15, 0.2) is 11.5 Å². The van der Waals surface area contributed by atoms with Gasteiger partial charge in [-0.05, 0) is 24.6 Å². The maximum absolute atomic E-state index is 12.8. The number of para-hydroxylation sites is 1. The predicted molar refractivity (Wildman–Crippen MR) is 125 cm³/mol. The quantitative estimate of drug-likeness (QED) is 0.266. The standard InChI is InChI=1S/C22H23Cl2N5O2/c1-3-4-5-6-10-25-21(30)13-11-16-18(19-20(13)31-12(2)26-19)29-22(27-16)28-17-14(23)8-7-9-15(17)24/h7-9,11H,3-6,10H2,1-2H3,(H,25,30)(H2,27,28,29). The molecule has 0 saturated heterocycles. The highest BCUT2D eigenvalue weighted by molar-refractivity contribution is 6.39. The second-order valence-corrected chi connectivity index (χ2v) is 8.17. The van der Waals surface area contributed by atoms with Crippen molar-refractivity contribution in [3.05, 3.63) is 45.8 Å². The third-order valence-corrected chi connectivity index (χ3v) is 5.62. The Bertz CT molecular complexity index is 1230. The minimum Gasteiger partial charge on any atom is -0.440 e. The van der Waals surface area contributed by atoms with Gasteiger partial charge in [-0.3, -0.25) is 4.79 Å². The monoisotopic (exact) mass is 459 g/mol. The molecule has 9 heteroatoms. The van der Waals surface area contributed by atoms with Crippen molar-refractivity contribution in [1.29, 1.82) is 0 Å². The van der Waals surface area contributed by atoms with Gasteiger partial charge in [0.2, 0.25) is 5.95 Å². The zero-order chi connectivity index (χ0) is 22.0. The van der Waals surface area contributed by atoms with Gasteiger partial charge in [0.1, 0.15) is 5.52 Å². The molecule has 2 heterocycles. The lowest BCUT2D eigenvalue weighted by molar-refractivity contribution is 0.0953. The van der Waals surface area contributed by atoms with E-state index >= 15 is 0 Å². The number of carbonyl (C=O) groups is 1. The number of benzene rings is 2. The fourth-order valence-electron chi connectivity index (χ4n) is 3.47. The van der Waals surface area contributed by atoms with E-state index in [0.717, 1.165) is 25.7 Å². The van der Waals surface area contributed by atoms with E-state index in [1.165, 1.54) is 0 Å². The van der Waals surface area contributed by atoms with Crippen molar-refractivity contribution in [2.75, 3.05) is 11.9 Å². The van der Waals surface area contributed by atoms with Gasteiger partial charge in [0.05, 0.1) is 32.3 Å². The molecule has 4 rings (SSSR count). The van der Waals surface area contributed by atoms with Crippen molar-refractivity contribution in [2.24, 2.45) is 0 Å². The summed E-state index contributed by atoms with van der Waals surface area (Å²) in [5.41, 5.74) is 3.19. The molecule has 0 saturated carbocycles. The van der Waals surface area contributed by atoms with Crippen LogP contribution in [0.2, 0.25) is 10.0 Å². The van der Waals surface area contributed by atoms with Crippen LogP contribution < -0.4 is 10.6 Å². The van der Waals surface area contributed by atoms with E-state index in [1.807, 2.05) is 0 Å². The molecule has 0 aliphatic rings. The Morgan fingerprint density at radius 1 is 1.16 bits per heavy atom. The Hall–Kier alpha value is -2.77. The lowest BCUT2D eigenvalue weighted by Gasteiger charge is -2.06. The normalized spacial score (nSPS) is 11.4. The summed E-state index contributed by atoms with van der Waals surface area (Å²) in [6, 6.07) is 6.95. The number of rotatable bonds is 8. The summed E-state index contributed by atoms with van der Waals surface area (Å²) < 4.78 is 5.76. The van der Waals surface area contributed by atoms with Gasteiger partial charge in [-0.1, -0.05) is 55.5 Å². The second-order valence-electron chi connectivity index (χ2n) is 7.35. The Morgan fingerprint density at radius 3 is 2.68 bits per heavy atom. The number of aromatic amines is 1. The van der Waals surface area contributed by atoms with E-state index in [2.05, 4.69) is 32.5 Å². The van der Waals surface area contributed by atoms with Gasteiger partial charge in [0, 0.05) is 13.5 Å². The molecular formula is C22H23Cl2N5O2. The van der Waals surface area contributed by atoms with Crippen molar-refractivity contribution >= 4 is 62.9 Å². The van der Waals surface area contributed by atoms with Crippen LogP contribution in [-0.2, 0) is 0 Å². The Morgan fingerprint density at radius 2 is 1.94 bits per heavy atom. The smallest absolute Gasteiger partial charge is 0.255 e. The SMILES string of the molecule is CCCCCCNC(=O)c1cc2nc(Nc3c(Cl)cccc3Cl)[nH]c2c2nc(C)oc12. The molecule has 0 fully saturated rings. The lowest BCUT2D eigenvalue weighted by Crippen LogP contribution is -2.24. The number of amides is 1. The van der Waals surface area contributed by atoms with E-state index in [1.54, 1.807) is 31.2 Å². The Balaban J connectivity index is 1.67. The summed E-state index contributed by atoms with van der Waals surface area (Å²) in [6.45, 7) is 4.52. The molecule has 0 radical (unpaired) electrons. The summed E-state index contributed by atoms with van der Waals surface area (Å²) in [6.07, 6.45) is 4.34. The molecular weight excluding hydrogens is 437 g/mol. The van der Waals surface area contributed by atoms with Gasteiger partial charge in [-0.2, -0.15) is 0 Å². The van der Waals surface area contributed by atoms with Crippen molar-refractivity contribution in [3.63, 3.8) is 0 Å². The molecule has 0 atom stereocenters. The van der Waals surface area contributed by atoms with Crippen molar-refractivity contribution in [1.82, 2.24) is 20.3 Å². The fraction of sp³-hybridized carbons (Fsp3) is 0.318. The minimum absolute atomic E-state index is 0.203. The summed E-state index contributed by atoms with van der Waals surface area (Å²) in [4.78, 5) is 25.1. The number of nitrogens with zero attached hydrogens (tertiary/aromatic N) is 2. The van der Waals surface area contributed by atoms with Crippen LogP contribution in [0, 0.1) is 6.92 Å². The van der Waals surface area contributed by atoms with Crippen LogP contribution in [0.5, 0.6) is 0 Å². The zero-order valence-corrected chi connectivity index (χ0v) is 18.8. The topological polar surface area (TPSA) is 95.8 Å². The second kappa shape index (κ2) is 9.16. The molecule has 4 aromatic rings. The third-order valence-electron chi connectivity index (χ3n) is 5.00. The molecule has 3 N–H and O–H groups in total. The van der Waals surface area contributed by atoms with Crippen molar-refractivity contribution in [2.45, 2.75) is 39.5 Å². The van der Waals surface area contributed by atoms with Gasteiger partial charge in [-0.15, -0.1) is 0 Å². The fourth-order valence-corrected chi connectivity index (χ4v) is 3.96. The molecule has 162 valence electrons. The number of unbranched alkanes of at least 4 members (excludes halogenated alkanes) is 3. The number of aromatic nitrogens is 3. The first kappa shape index (κ1) is 21.5. The number of oxazole rings is 1. The van der Waals surface area contributed by atoms with Crippen LogP contribution in [0.4, 0.5) is 11.6 Å². The van der Waals surface area contributed by atoms with Crippen LogP contribution in [0.1, 0.15) is 48.9 Å². The van der Waals surface area contributed by atoms with E-state index in [9.17, 15) is 4.79 Å². The first-order valence-corrected chi connectivity index (χ1v) is 11.0. The highest BCUT2D eigenvalue weighted by Gasteiger charge is 2.20. The first-order valence-electron chi connectivity index (χ1n) is 10.3.